The molecular weight excluding hydrogens is 228 g/mol. The fourth-order valence-corrected chi connectivity index (χ4v) is 2.87. The van der Waals surface area contributed by atoms with Crippen molar-refractivity contribution in [3.8, 4) is 0 Å². The van der Waals surface area contributed by atoms with Crippen LogP contribution in [0.2, 0.25) is 0 Å². The van der Waals surface area contributed by atoms with Crippen molar-refractivity contribution in [2.24, 2.45) is 5.92 Å². The molecule has 102 valence electrons. The highest BCUT2D eigenvalue weighted by Gasteiger charge is 2.41. The Morgan fingerprint density at radius 2 is 1.89 bits per heavy atom. The summed E-state index contributed by atoms with van der Waals surface area (Å²) in [6.07, 6.45) is 0.494. The largest absolute Gasteiger partial charge is 0.374 e. The summed E-state index contributed by atoms with van der Waals surface area (Å²) in [6, 6.07) is 0. The summed E-state index contributed by atoms with van der Waals surface area (Å²) >= 11 is 0. The van der Waals surface area contributed by atoms with Gasteiger partial charge in [-0.3, -0.25) is 4.57 Å². The molecule has 2 rings (SSSR count). The van der Waals surface area contributed by atoms with Crippen LogP contribution >= 0.6 is 0 Å². The molecule has 1 aromatic heterocycles. The molecule has 1 aliphatic rings. The van der Waals surface area contributed by atoms with Gasteiger partial charge in [-0.05, 0) is 33.6 Å². The van der Waals surface area contributed by atoms with E-state index in [1.165, 1.54) is 0 Å². The maximum Gasteiger partial charge on any atom is 0.224 e. The molecule has 1 aromatic rings. The van der Waals surface area contributed by atoms with Gasteiger partial charge in [-0.15, -0.1) is 10.2 Å². The lowest BCUT2D eigenvalue weighted by Crippen LogP contribution is -2.20. The normalized spacial score (nSPS) is 31.8. The first-order chi connectivity index (χ1) is 8.60. The molecule has 0 aromatic carbocycles. The summed E-state index contributed by atoms with van der Waals surface area (Å²) in [5, 5.41) is 11.9. The third-order valence-corrected chi connectivity index (χ3v) is 3.97. The predicted molar refractivity (Wildman–Crippen MR) is 71.8 cm³/mol. The smallest absolute Gasteiger partial charge is 0.224 e. The number of ether oxygens (including phenoxy) is 1. The monoisotopic (exact) mass is 252 g/mol. The van der Waals surface area contributed by atoms with Crippen molar-refractivity contribution < 1.29 is 4.74 Å². The summed E-state index contributed by atoms with van der Waals surface area (Å²) in [5.74, 6) is 2.73. The van der Waals surface area contributed by atoms with Crippen LogP contribution in [0.5, 0.6) is 0 Å². The highest BCUT2D eigenvalue weighted by Crippen LogP contribution is 2.39. The van der Waals surface area contributed by atoms with Crippen molar-refractivity contribution >= 4 is 5.95 Å². The van der Waals surface area contributed by atoms with Crippen LogP contribution in [0.15, 0.2) is 0 Å². The van der Waals surface area contributed by atoms with Crippen LogP contribution in [-0.4, -0.2) is 33.5 Å². The zero-order valence-corrected chi connectivity index (χ0v) is 12.0. The minimum atomic E-state index is 0.207. The predicted octanol–water partition coefficient (Wildman–Crippen LogP) is 2.26. The van der Waals surface area contributed by atoms with E-state index < -0.39 is 0 Å². The number of aromatic nitrogens is 3. The Morgan fingerprint density at radius 1 is 1.17 bits per heavy atom. The molecule has 1 saturated heterocycles. The molecule has 0 radical (unpaired) electrons. The topological polar surface area (TPSA) is 52.0 Å². The minimum Gasteiger partial charge on any atom is -0.374 e. The zero-order valence-electron chi connectivity index (χ0n) is 12.0. The quantitative estimate of drug-likeness (QED) is 0.893. The van der Waals surface area contributed by atoms with Gasteiger partial charge in [0.25, 0.3) is 0 Å². The van der Waals surface area contributed by atoms with Crippen LogP contribution in [0.4, 0.5) is 5.95 Å². The Kier molecular flexibility index (Phi) is 3.90. The standard InChI is InChI=1S/C13H24N4O/c1-6-14-13-16-15-12(17(13)7-2)11-8(3)9(4)18-10(11)5/h8-11H,6-7H2,1-5H3,(H,14,16). The van der Waals surface area contributed by atoms with E-state index in [-0.39, 0.29) is 12.2 Å². The number of nitrogens with zero attached hydrogens (tertiary/aromatic N) is 3. The van der Waals surface area contributed by atoms with Crippen molar-refractivity contribution in [2.45, 2.75) is 59.3 Å². The molecule has 1 aliphatic heterocycles. The maximum absolute atomic E-state index is 5.91. The third-order valence-electron chi connectivity index (χ3n) is 3.97. The van der Waals surface area contributed by atoms with E-state index in [0.29, 0.717) is 11.8 Å². The van der Waals surface area contributed by atoms with Crippen LogP contribution in [0.25, 0.3) is 0 Å². The number of hydrogen-bond acceptors (Lipinski definition) is 4. The molecular formula is C13H24N4O. The van der Waals surface area contributed by atoms with Gasteiger partial charge in [0.1, 0.15) is 5.82 Å². The van der Waals surface area contributed by atoms with Crippen molar-refractivity contribution in [1.82, 2.24) is 14.8 Å². The molecule has 5 heteroatoms. The Bertz CT molecular complexity index is 404. The van der Waals surface area contributed by atoms with Crippen LogP contribution < -0.4 is 5.32 Å². The Balaban J connectivity index is 2.33. The first-order valence-corrected chi connectivity index (χ1v) is 6.92. The van der Waals surface area contributed by atoms with Crippen molar-refractivity contribution in [1.29, 1.82) is 0 Å². The summed E-state index contributed by atoms with van der Waals surface area (Å²) in [6.45, 7) is 12.4. The minimum absolute atomic E-state index is 0.207. The summed E-state index contributed by atoms with van der Waals surface area (Å²) in [7, 11) is 0. The molecule has 1 fully saturated rings. The van der Waals surface area contributed by atoms with E-state index in [9.17, 15) is 0 Å². The molecule has 4 unspecified atom stereocenters. The van der Waals surface area contributed by atoms with Gasteiger partial charge in [0.15, 0.2) is 0 Å². The number of rotatable bonds is 4. The Morgan fingerprint density at radius 3 is 2.39 bits per heavy atom. The highest BCUT2D eigenvalue weighted by molar-refractivity contribution is 5.27. The average Bonchev–Trinajstić information content (AvgIpc) is 2.82. The van der Waals surface area contributed by atoms with Gasteiger partial charge in [0.2, 0.25) is 5.95 Å². The first-order valence-electron chi connectivity index (χ1n) is 6.92. The van der Waals surface area contributed by atoms with Crippen LogP contribution in [-0.2, 0) is 11.3 Å². The van der Waals surface area contributed by atoms with E-state index >= 15 is 0 Å². The fourth-order valence-electron chi connectivity index (χ4n) is 2.87. The second-order valence-electron chi connectivity index (χ2n) is 5.09. The number of nitrogens with one attached hydrogen (secondary N) is 1. The molecule has 0 aliphatic carbocycles. The van der Waals surface area contributed by atoms with E-state index in [2.05, 4.69) is 54.7 Å². The molecule has 4 atom stereocenters. The fraction of sp³-hybridized carbons (Fsp3) is 0.846. The SMILES string of the molecule is CCNc1nnc(C2C(C)OC(C)C2C)n1CC. The lowest BCUT2D eigenvalue weighted by molar-refractivity contribution is 0.0552. The van der Waals surface area contributed by atoms with Crippen molar-refractivity contribution in [2.75, 3.05) is 11.9 Å². The Labute approximate surface area is 109 Å². The van der Waals surface area contributed by atoms with Crippen LogP contribution in [0.1, 0.15) is 46.4 Å². The lowest BCUT2D eigenvalue weighted by atomic mass is 9.89. The second kappa shape index (κ2) is 5.26. The number of anilines is 1. The second-order valence-corrected chi connectivity index (χ2v) is 5.09. The van der Waals surface area contributed by atoms with E-state index in [1.807, 2.05) is 0 Å². The zero-order chi connectivity index (χ0) is 13.3. The molecule has 0 saturated carbocycles. The van der Waals surface area contributed by atoms with E-state index in [1.54, 1.807) is 0 Å². The first kappa shape index (κ1) is 13.3. The summed E-state index contributed by atoms with van der Waals surface area (Å²) < 4.78 is 8.08. The van der Waals surface area contributed by atoms with Crippen LogP contribution in [0.3, 0.4) is 0 Å². The van der Waals surface area contributed by atoms with Gasteiger partial charge < -0.3 is 10.1 Å². The van der Waals surface area contributed by atoms with Gasteiger partial charge in [-0.25, -0.2) is 0 Å². The molecule has 0 amide bonds. The third kappa shape index (κ3) is 2.11. The molecule has 1 N–H and O–H groups in total. The highest BCUT2D eigenvalue weighted by atomic mass is 16.5. The molecule has 2 heterocycles. The Hall–Kier alpha value is -1.10. The van der Waals surface area contributed by atoms with E-state index in [4.69, 9.17) is 4.74 Å². The lowest BCUT2D eigenvalue weighted by Gasteiger charge is -2.18. The van der Waals surface area contributed by atoms with Gasteiger partial charge in [0.05, 0.1) is 18.1 Å². The average molecular weight is 252 g/mol. The van der Waals surface area contributed by atoms with Crippen molar-refractivity contribution in [3.63, 3.8) is 0 Å². The van der Waals surface area contributed by atoms with Crippen molar-refractivity contribution in [3.05, 3.63) is 5.82 Å². The molecule has 5 nitrogen and oxygen atoms in total. The van der Waals surface area contributed by atoms with Gasteiger partial charge >= 0.3 is 0 Å². The molecule has 0 bridgehead atoms. The van der Waals surface area contributed by atoms with E-state index in [0.717, 1.165) is 24.9 Å². The molecule has 0 spiro atoms. The molecule has 18 heavy (non-hydrogen) atoms. The summed E-state index contributed by atoms with van der Waals surface area (Å²) in [5.41, 5.74) is 0. The van der Waals surface area contributed by atoms with Gasteiger partial charge in [0, 0.05) is 13.1 Å². The van der Waals surface area contributed by atoms with Gasteiger partial charge in [-0.1, -0.05) is 6.92 Å². The van der Waals surface area contributed by atoms with Crippen LogP contribution in [0, 0.1) is 5.92 Å². The van der Waals surface area contributed by atoms with Gasteiger partial charge in [-0.2, -0.15) is 0 Å². The summed E-state index contributed by atoms with van der Waals surface area (Å²) in [4.78, 5) is 0. The maximum atomic E-state index is 5.91. The number of hydrogen-bond donors (Lipinski definition) is 1.